The molecule has 0 atom stereocenters. The molecule has 18 heavy (non-hydrogen) atoms. The molecule has 0 saturated heterocycles. The first-order valence-electron chi connectivity index (χ1n) is 4.93. The Kier molecular flexibility index (Phi) is 3.30. The third kappa shape index (κ3) is 2.33. The molecule has 0 spiro atoms. The number of aldehydes is 1. The molecule has 2 nitrogen and oxygen atoms in total. The summed E-state index contributed by atoms with van der Waals surface area (Å²) >= 11 is 2.87. The van der Waals surface area contributed by atoms with Crippen LogP contribution in [0.3, 0.4) is 0 Å². The molecule has 0 aliphatic rings. The number of carbonyl (C=O) groups is 1. The maximum Gasteiger partial charge on any atom is 0.417 e. The summed E-state index contributed by atoms with van der Waals surface area (Å²) in [7, 11) is 0. The Morgan fingerprint density at radius 3 is 2.56 bits per heavy atom. The topological polar surface area (TPSA) is 22.0 Å². The van der Waals surface area contributed by atoms with Crippen molar-refractivity contribution in [3.63, 3.8) is 0 Å². The summed E-state index contributed by atoms with van der Waals surface area (Å²) in [6.07, 6.45) is -2.31. The van der Waals surface area contributed by atoms with Crippen molar-refractivity contribution < 1.29 is 18.0 Å². The fourth-order valence-corrected chi connectivity index (χ4v) is 2.08. The molecule has 0 bridgehead atoms. The summed E-state index contributed by atoms with van der Waals surface area (Å²) in [5, 5.41) is 0. The molecule has 0 saturated carbocycles. The van der Waals surface area contributed by atoms with E-state index in [0.29, 0.717) is 12.0 Å². The number of hydrogen-bond donors (Lipinski definition) is 0. The van der Waals surface area contributed by atoms with Crippen LogP contribution in [0.15, 0.2) is 41.0 Å². The maximum absolute atomic E-state index is 12.7. The first-order chi connectivity index (χ1) is 8.43. The monoisotopic (exact) mass is 317 g/mol. The number of aromatic nitrogens is 1. The maximum atomic E-state index is 12.7. The summed E-state index contributed by atoms with van der Waals surface area (Å²) in [6.45, 7) is 0. The van der Waals surface area contributed by atoms with Crippen LogP contribution in [-0.4, -0.2) is 10.9 Å². The molecule has 0 unspecified atom stereocenters. The van der Waals surface area contributed by atoms with Crippen LogP contribution in [-0.2, 0) is 6.18 Å². The van der Waals surface area contributed by atoms with Gasteiger partial charge in [-0.1, -0.05) is 15.9 Å². The van der Waals surface area contributed by atoms with Gasteiger partial charge < -0.3 is 4.57 Å². The van der Waals surface area contributed by atoms with Crippen LogP contribution in [0, 0.1) is 0 Å². The van der Waals surface area contributed by atoms with E-state index in [0.717, 1.165) is 6.07 Å². The standard InChI is InChI=1S/C12H7BrF3NO/c13-11-4-3-8(6-10(11)12(14,15)16)17-5-1-2-9(17)7-18/h1-7H. The summed E-state index contributed by atoms with van der Waals surface area (Å²) in [6, 6.07) is 6.94. The van der Waals surface area contributed by atoms with Gasteiger partial charge in [-0.2, -0.15) is 13.2 Å². The van der Waals surface area contributed by atoms with Crippen LogP contribution in [0.5, 0.6) is 0 Å². The SMILES string of the molecule is O=Cc1cccn1-c1ccc(Br)c(C(F)(F)F)c1. The Balaban J connectivity index is 2.58. The molecule has 0 aliphatic heterocycles. The van der Waals surface area contributed by atoms with Crippen LogP contribution < -0.4 is 0 Å². The Morgan fingerprint density at radius 2 is 1.94 bits per heavy atom. The molecule has 1 aromatic carbocycles. The molecule has 0 N–H and O–H groups in total. The number of halogens is 4. The zero-order valence-electron chi connectivity index (χ0n) is 8.91. The van der Waals surface area contributed by atoms with Crippen LogP contribution in [0.1, 0.15) is 16.1 Å². The molecule has 6 heteroatoms. The Labute approximate surface area is 109 Å². The average Bonchev–Trinajstić information content (AvgIpc) is 2.76. The molecule has 94 valence electrons. The second kappa shape index (κ2) is 4.61. The van der Waals surface area contributed by atoms with Gasteiger partial charge in [-0.25, -0.2) is 0 Å². The molecule has 1 heterocycles. The van der Waals surface area contributed by atoms with E-state index < -0.39 is 11.7 Å². The van der Waals surface area contributed by atoms with Gasteiger partial charge >= 0.3 is 6.18 Å². The van der Waals surface area contributed by atoms with Gasteiger partial charge in [0.05, 0.1) is 11.3 Å². The van der Waals surface area contributed by atoms with Crippen molar-refractivity contribution >= 4 is 22.2 Å². The molecule has 0 aliphatic carbocycles. The number of benzene rings is 1. The van der Waals surface area contributed by atoms with Gasteiger partial charge in [-0.3, -0.25) is 4.79 Å². The highest BCUT2D eigenvalue weighted by Crippen LogP contribution is 2.36. The highest BCUT2D eigenvalue weighted by Gasteiger charge is 2.33. The predicted molar refractivity (Wildman–Crippen MR) is 63.9 cm³/mol. The van der Waals surface area contributed by atoms with Crippen molar-refractivity contribution in [3.05, 3.63) is 52.3 Å². The Morgan fingerprint density at radius 1 is 1.22 bits per heavy atom. The van der Waals surface area contributed by atoms with Gasteiger partial charge in [-0.15, -0.1) is 0 Å². The van der Waals surface area contributed by atoms with E-state index >= 15 is 0 Å². The number of carbonyl (C=O) groups excluding carboxylic acids is 1. The lowest BCUT2D eigenvalue weighted by Gasteiger charge is -2.12. The van der Waals surface area contributed by atoms with Gasteiger partial charge in [0, 0.05) is 16.4 Å². The van der Waals surface area contributed by atoms with E-state index in [1.165, 1.54) is 29.0 Å². The summed E-state index contributed by atoms with van der Waals surface area (Å²) < 4.78 is 39.6. The van der Waals surface area contributed by atoms with Gasteiger partial charge in [0.2, 0.25) is 0 Å². The van der Waals surface area contributed by atoms with Crippen molar-refractivity contribution in [3.8, 4) is 5.69 Å². The highest BCUT2D eigenvalue weighted by atomic mass is 79.9. The third-order valence-electron chi connectivity index (χ3n) is 2.43. The second-order valence-electron chi connectivity index (χ2n) is 3.58. The summed E-state index contributed by atoms with van der Waals surface area (Å²) in [5.41, 5.74) is -0.186. The van der Waals surface area contributed by atoms with Gasteiger partial charge in [0.1, 0.15) is 0 Å². The molecule has 0 fully saturated rings. The zero-order chi connectivity index (χ0) is 13.3. The van der Waals surface area contributed by atoms with Crippen LogP contribution in [0.25, 0.3) is 5.69 Å². The van der Waals surface area contributed by atoms with E-state index in [4.69, 9.17) is 0 Å². The number of nitrogens with zero attached hydrogens (tertiary/aromatic N) is 1. The van der Waals surface area contributed by atoms with Crippen LogP contribution in [0.4, 0.5) is 13.2 Å². The Hall–Kier alpha value is -1.56. The van der Waals surface area contributed by atoms with Crippen LogP contribution in [0.2, 0.25) is 0 Å². The minimum absolute atomic E-state index is 0.0291. The second-order valence-corrected chi connectivity index (χ2v) is 4.44. The first-order valence-corrected chi connectivity index (χ1v) is 5.72. The molecule has 2 rings (SSSR count). The van der Waals surface area contributed by atoms with E-state index in [-0.39, 0.29) is 10.2 Å². The Bertz CT molecular complexity index is 589. The lowest BCUT2D eigenvalue weighted by Crippen LogP contribution is -2.08. The normalized spacial score (nSPS) is 11.6. The predicted octanol–water partition coefficient (Wildman–Crippen LogP) is 4.07. The van der Waals surface area contributed by atoms with Crippen molar-refractivity contribution in [1.82, 2.24) is 4.57 Å². The van der Waals surface area contributed by atoms with E-state index in [2.05, 4.69) is 15.9 Å². The fraction of sp³-hybridized carbons (Fsp3) is 0.0833. The number of rotatable bonds is 2. The molecule has 2 aromatic rings. The van der Waals surface area contributed by atoms with Crippen molar-refractivity contribution in [1.29, 1.82) is 0 Å². The van der Waals surface area contributed by atoms with Gasteiger partial charge in [0.15, 0.2) is 6.29 Å². The van der Waals surface area contributed by atoms with Crippen molar-refractivity contribution in [2.24, 2.45) is 0 Å². The number of alkyl halides is 3. The highest BCUT2D eigenvalue weighted by molar-refractivity contribution is 9.10. The zero-order valence-corrected chi connectivity index (χ0v) is 10.5. The smallest absolute Gasteiger partial charge is 0.314 e. The molecular weight excluding hydrogens is 311 g/mol. The molecule has 1 aromatic heterocycles. The molecular formula is C12H7BrF3NO. The molecule has 0 amide bonds. The number of hydrogen-bond acceptors (Lipinski definition) is 1. The van der Waals surface area contributed by atoms with Crippen molar-refractivity contribution in [2.45, 2.75) is 6.18 Å². The van der Waals surface area contributed by atoms with Gasteiger partial charge in [0.25, 0.3) is 0 Å². The first kappa shape index (κ1) is 12.9. The minimum Gasteiger partial charge on any atom is -0.314 e. The van der Waals surface area contributed by atoms with Crippen molar-refractivity contribution in [2.75, 3.05) is 0 Å². The lowest BCUT2D eigenvalue weighted by atomic mass is 10.2. The summed E-state index contributed by atoms with van der Waals surface area (Å²) in [4.78, 5) is 10.8. The minimum atomic E-state index is -4.44. The van der Waals surface area contributed by atoms with Gasteiger partial charge in [-0.05, 0) is 30.3 Å². The quantitative estimate of drug-likeness (QED) is 0.765. The largest absolute Gasteiger partial charge is 0.417 e. The van der Waals surface area contributed by atoms with E-state index in [1.807, 2.05) is 0 Å². The van der Waals surface area contributed by atoms with E-state index in [1.54, 1.807) is 6.07 Å². The molecule has 0 radical (unpaired) electrons. The fourth-order valence-electron chi connectivity index (χ4n) is 1.61. The van der Waals surface area contributed by atoms with E-state index in [9.17, 15) is 18.0 Å². The summed E-state index contributed by atoms with van der Waals surface area (Å²) in [5.74, 6) is 0. The average molecular weight is 318 g/mol. The third-order valence-corrected chi connectivity index (χ3v) is 3.13. The lowest BCUT2D eigenvalue weighted by molar-refractivity contribution is -0.138. The van der Waals surface area contributed by atoms with Crippen LogP contribution >= 0.6 is 15.9 Å².